The topological polar surface area (TPSA) is 46.2 Å². The smallest absolute Gasteiger partial charge is 0.0608 e. The molecule has 0 saturated heterocycles. The lowest BCUT2D eigenvalue weighted by atomic mass is 9.74. The Morgan fingerprint density at radius 1 is 1.00 bits per heavy atom. The molecule has 2 heteroatoms. The number of hydrogen-bond donors (Lipinski definition) is 2. The van der Waals surface area contributed by atoms with Crippen LogP contribution in [0.1, 0.15) is 67.2 Å². The van der Waals surface area contributed by atoms with Crippen molar-refractivity contribution in [1.82, 2.24) is 0 Å². The summed E-state index contributed by atoms with van der Waals surface area (Å²) in [6.07, 6.45) is 3.60. The minimum absolute atomic E-state index is 0.0181. The average Bonchev–Trinajstić information content (AvgIpc) is 2.13. The third-order valence-electron chi connectivity index (χ3n) is 2.88. The summed E-state index contributed by atoms with van der Waals surface area (Å²) in [6, 6.07) is 0. The second-order valence-electron chi connectivity index (χ2n) is 7.74. The maximum Gasteiger partial charge on any atom is 0.0608 e. The van der Waals surface area contributed by atoms with Crippen molar-refractivity contribution in [2.45, 2.75) is 72.8 Å². The van der Waals surface area contributed by atoms with Crippen molar-refractivity contribution in [3.63, 3.8) is 0 Å². The second-order valence-corrected chi connectivity index (χ2v) is 7.74. The summed E-state index contributed by atoms with van der Waals surface area (Å²) in [5.41, 5.74) is 5.96. The molecule has 0 heterocycles. The highest BCUT2D eigenvalue weighted by molar-refractivity contribution is 5.03. The molecule has 0 aromatic rings. The van der Waals surface area contributed by atoms with Crippen molar-refractivity contribution in [3.05, 3.63) is 0 Å². The van der Waals surface area contributed by atoms with E-state index in [9.17, 15) is 0 Å². The Morgan fingerprint density at radius 3 is 2.00 bits per heavy atom. The Labute approximate surface area is 113 Å². The third kappa shape index (κ3) is 9.50. The predicted octanol–water partition coefficient (Wildman–Crippen LogP) is 3.33. The molecule has 106 valence electrons. The Hall–Kier alpha value is -0.520. The molecule has 0 saturated carbocycles. The van der Waals surface area contributed by atoms with E-state index in [-0.39, 0.29) is 12.0 Å². The third-order valence-corrected chi connectivity index (χ3v) is 2.88. The van der Waals surface area contributed by atoms with E-state index in [0.717, 1.165) is 19.3 Å². The molecule has 0 bridgehead atoms. The zero-order chi connectivity index (χ0) is 14.4. The Balaban J connectivity index is 4.10. The van der Waals surface area contributed by atoms with Crippen molar-refractivity contribution in [3.8, 4) is 11.8 Å². The van der Waals surface area contributed by atoms with Crippen LogP contribution in [-0.4, -0.2) is 17.3 Å². The van der Waals surface area contributed by atoms with Gasteiger partial charge in [0.05, 0.1) is 6.61 Å². The van der Waals surface area contributed by atoms with Crippen LogP contribution in [0.2, 0.25) is 0 Å². The van der Waals surface area contributed by atoms with Gasteiger partial charge in [-0.15, -0.1) is 11.8 Å². The number of rotatable bonds is 5. The molecule has 0 spiro atoms. The van der Waals surface area contributed by atoms with Gasteiger partial charge in [0.25, 0.3) is 0 Å². The molecule has 0 rings (SSSR count). The standard InChI is InChI=1S/C16H31NO/c1-14(2,3)12-15(4,5)10-8-7-9-11-16(6,17)13-18/h18H,9-13,17H2,1-6H3. The molecule has 1 atom stereocenters. The molecule has 0 aliphatic carbocycles. The molecule has 0 aliphatic heterocycles. The number of nitrogens with two attached hydrogens (primary N) is 1. The van der Waals surface area contributed by atoms with Crippen LogP contribution in [0.4, 0.5) is 0 Å². The highest BCUT2D eigenvalue weighted by atomic mass is 16.3. The van der Waals surface area contributed by atoms with Gasteiger partial charge in [0, 0.05) is 18.4 Å². The summed E-state index contributed by atoms with van der Waals surface area (Å²) in [7, 11) is 0. The van der Waals surface area contributed by atoms with Gasteiger partial charge in [0.2, 0.25) is 0 Å². The van der Waals surface area contributed by atoms with Gasteiger partial charge in [0.1, 0.15) is 0 Å². The first-order chi connectivity index (χ1) is 7.97. The Kier molecular flexibility index (Phi) is 6.40. The molecule has 0 amide bonds. The van der Waals surface area contributed by atoms with Crippen LogP contribution in [0.3, 0.4) is 0 Å². The molecule has 18 heavy (non-hydrogen) atoms. The quantitative estimate of drug-likeness (QED) is 0.738. The molecular formula is C16H31NO. The first-order valence-corrected chi connectivity index (χ1v) is 6.83. The fourth-order valence-corrected chi connectivity index (χ4v) is 2.32. The largest absolute Gasteiger partial charge is 0.394 e. The van der Waals surface area contributed by atoms with Gasteiger partial charge in [-0.25, -0.2) is 0 Å². The van der Waals surface area contributed by atoms with Crippen molar-refractivity contribution in [2.24, 2.45) is 16.6 Å². The zero-order valence-corrected chi connectivity index (χ0v) is 13.1. The van der Waals surface area contributed by atoms with E-state index < -0.39 is 5.54 Å². The van der Waals surface area contributed by atoms with Gasteiger partial charge < -0.3 is 10.8 Å². The summed E-state index contributed by atoms with van der Waals surface area (Å²) in [5.74, 6) is 6.43. The van der Waals surface area contributed by atoms with Gasteiger partial charge in [0.15, 0.2) is 0 Å². The maximum atomic E-state index is 9.03. The summed E-state index contributed by atoms with van der Waals surface area (Å²) >= 11 is 0. The van der Waals surface area contributed by atoms with Gasteiger partial charge in [-0.1, -0.05) is 34.6 Å². The molecule has 3 N–H and O–H groups in total. The van der Waals surface area contributed by atoms with E-state index in [1.54, 1.807) is 0 Å². The second kappa shape index (κ2) is 6.59. The van der Waals surface area contributed by atoms with Crippen molar-refractivity contribution in [2.75, 3.05) is 6.61 Å². The lowest BCUT2D eigenvalue weighted by Gasteiger charge is -2.30. The SMILES string of the molecule is CC(C)(C)CC(C)(C)CC#CCCC(C)(N)CO. The van der Waals surface area contributed by atoms with E-state index in [2.05, 4.69) is 46.5 Å². The molecule has 0 aromatic heterocycles. The summed E-state index contributed by atoms with van der Waals surface area (Å²) in [6.45, 7) is 13.2. The van der Waals surface area contributed by atoms with E-state index in [0.29, 0.717) is 5.41 Å². The first kappa shape index (κ1) is 17.5. The molecule has 0 aromatic carbocycles. The van der Waals surface area contributed by atoms with E-state index in [1.165, 1.54) is 6.42 Å². The zero-order valence-electron chi connectivity index (χ0n) is 13.1. The summed E-state index contributed by atoms with van der Waals surface area (Å²) in [5, 5.41) is 9.03. The highest BCUT2D eigenvalue weighted by Gasteiger charge is 2.24. The van der Waals surface area contributed by atoms with Crippen LogP contribution in [0.15, 0.2) is 0 Å². The van der Waals surface area contributed by atoms with Crippen LogP contribution in [0.25, 0.3) is 0 Å². The van der Waals surface area contributed by atoms with Crippen molar-refractivity contribution in [1.29, 1.82) is 0 Å². The average molecular weight is 253 g/mol. The van der Waals surface area contributed by atoms with Crippen LogP contribution < -0.4 is 5.73 Å². The van der Waals surface area contributed by atoms with E-state index in [4.69, 9.17) is 10.8 Å². The predicted molar refractivity (Wildman–Crippen MR) is 79.2 cm³/mol. The molecule has 0 radical (unpaired) electrons. The van der Waals surface area contributed by atoms with Gasteiger partial charge in [-0.05, 0) is 30.6 Å². The van der Waals surface area contributed by atoms with Gasteiger partial charge >= 0.3 is 0 Å². The van der Waals surface area contributed by atoms with Crippen molar-refractivity contribution < 1.29 is 5.11 Å². The Bertz CT molecular complexity index is 299. The summed E-state index contributed by atoms with van der Waals surface area (Å²) in [4.78, 5) is 0. The molecule has 2 nitrogen and oxygen atoms in total. The lowest BCUT2D eigenvalue weighted by Crippen LogP contribution is -2.39. The van der Waals surface area contributed by atoms with Crippen LogP contribution >= 0.6 is 0 Å². The number of aliphatic hydroxyl groups excluding tert-OH is 1. The fraction of sp³-hybridized carbons (Fsp3) is 0.875. The van der Waals surface area contributed by atoms with Crippen molar-refractivity contribution >= 4 is 0 Å². The monoisotopic (exact) mass is 253 g/mol. The summed E-state index contributed by atoms with van der Waals surface area (Å²) < 4.78 is 0. The lowest BCUT2D eigenvalue weighted by molar-refractivity contribution is 0.202. The molecule has 1 unspecified atom stereocenters. The minimum atomic E-state index is -0.490. The fourth-order valence-electron chi connectivity index (χ4n) is 2.32. The highest BCUT2D eigenvalue weighted by Crippen LogP contribution is 2.35. The van der Waals surface area contributed by atoms with Gasteiger partial charge in [-0.3, -0.25) is 0 Å². The maximum absolute atomic E-state index is 9.03. The molecule has 0 aliphatic rings. The normalized spacial score (nSPS) is 15.8. The van der Waals surface area contributed by atoms with Gasteiger partial charge in [-0.2, -0.15) is 0 Å². The number of aliphatic hydroxyl groups is 1. The molecule has 0 fully saturated rings. The first-order valence-electron chi connectivity index (χ1n) is 6.83. The van der Waals surface area contributed by atoms with E-state index in [1.807, 2.05) is 6.92 Å². The molecular weight excluding hydrogens is 222 g/mol. The van der Waals surface area contributed by atoms with E-state index >= 15 is 0 Å². The Morgan fingerprint density at radius 2 is 1.56 bits per heavy atom. The van der Waals surface area contributed by atoms with Crippen LogP contribution in [0, 0.1) is 22.7 Å². The van der Waals surface area contributed by atoms with Crippen LogP contribution in [0.5, 0.6) is 0 Å². The minimum Gasteiger partial charge on any atom is -0.394 e. The van der Waals surface area contributed by atoms with Crippen LogP contribution in [-0.2, 0) is 0 Å². The number of hydrogen-bond acceptors (Lipinski definition) is 2.